The van der Waals surface area contributed by atoms with Gasteiger partial charge in [-0.1, -0.05) is 236 Å². The van der Waals surface area contributed by atoms with E-state index < -0.39 is 0 Å². The molecule has 6 fully saturated rings. The van der Waals surface area contributed by atoms with E-state index in [0.717, 1.165) is 96.1 Å². The third-order valence-electron chi connectivity index (χ3n) is 24.4. The normalized spacial score (nSPS) is 16.2. The molecule has 6 aliphatic rings. The largest absolute Gasteiger partial charge is 0.462 e. The maximum absolute atomic E-state index is 11.6. The van der Waals surface area contributed by atoms with E-state index in [9.17, 15) is 4.79 Å². The predicted molar refractivity (Wildman–Crippen MR) is 475 cm³/mol. The Morgan fingerprint density at radius 3 is 1.16 bits per heavy atom. The number of nitrogen functional groups attached to an aromatic ring is 1. The van der Waals surface area contributed by atoms with Gasteiger partial charge in [-0.25, -0.2) is 4.79 Å². The summed E-state index contributed by atoms with van der Waals surface area (Å²) in [5, 5.41) is 30.3. The monoisotopic (exact) mass is 1610 g/mol. The highest BCUT2D eigenvalue weighted by Crippen LogP contribution is 2.39. The third-order valence-corrected chi connectivity index (χ3v) is 24.4. The van der Waals surface area contributed by atoms with Crippen LogP contribution in [0.2, 0.25) is 0 Å². The van der Waals surface area contributed by atoms with Crippen molar-refractivity contribution in [3.05, 3.63) is 208 Å². The van der Waals surface area contributed by atoms with E-state index in [2.05, 4.69) is 189 Å². The van der Waals surface area contributed by atoms with Gasteiger partial charge in [0, 0.05) is 88.8 Å². The van der Waals surface area contributed by atoms with Gasteiger partial charge in [-0.3, -0.25) is 9.97 Å². The van der Waals surface area contributed by atoms with E-state index >= 15 is 0 Å². The zero-order valence-electron chi connectivity index (χ0n) is 71.6. The highest BCUT2D eigenvalue weighted by molar-refractivity contribution is 5.90. The molecule has 6 N–H and O–H groups in total. The number of hydrogen-bond acceptors (Lipinski definition) is 21. The smallest absolute Gasteiger partial charge is 0.339 e. The summed E-state index contributed by atoms with van der Waals surface area (Å²) in [6, 6.07) is 43.4. The van der Waals surface area contributed by atoms with Crippen molar-refractivity contribution >= 4 is 34.4 Å². The standard InChI is InChI=1S/C23H27N3O.C22H26N4O.C20H27N3O.C18H25N3O.C15H22N2O2/c1-17-25-23(27-26-17)21-13-12-20(14-18-8-4-2-5-9-18)22(15-21)24-16-19-10-6-3-7-11-19;1-16-25-22(27-26-16)20-8-7-19(13-17-5-3-2-4-6-17)21(14-20)24-15-18-9-11-23-12-10-18;1-14-21-20(24-23-14)17-11-10-16(12-15-6-2-3-7-15)19(13-17)22-18-8-4-5-9-18;1-12(2)19-17-11-16(18-20-13(3)21-22-18)9-8-15(17)10-14-6-4-5-7-14;1-2-19-15(18)12-9-13(16)14(17-10-12)8-11-6-4-3-5-7-11/h3,6-7,10-13,15,18,24H,2,4-5,8-9,14,16H2,1H3;7-12,14,17,24H,2-6,13,15H2,1H3;10-11,13,15,18,22H,2-9,12H2,1H3;8-9,11-12,14,19H,4-7,10H2,1-3H3;9-11H,2-8,16H2,1H3. The fraction of sp³-hybridized carbons (Fsp3) is 0.500. The van der Waals surface area contributed by atoms with Gasteiger partial charge in [0.2, 0.25) is 0 Å². The van der Waals surface area contributed by atoms with Crippen LogP contribution in [-0.2, 0) is 49.9 Å². The molecule has 5 aromatic carbocycles. The van der Waals surface area contributed by atoms with E-state index in [-0.39, 0.29) is 5.97 Å². The lowest BCUT2D eigenvalue weighted by molar-refractivity contribution is 0.0525. The number of carbonyl (C=O) groups excluding carboxylic acids is 1. The predicted octanol–water partition coefficient (Wildman–Crippen LogP) is 23.6. The lowest BCUT2D eigenvalue weighted by atomic mass is 9.84. The molecular weight excluding hydrogens is 1480 g/mol. The number of esters is 1. The van der Waals surface area contributed by atoms with Crippen molar-refractivity contribution in [1.29, 1.82) is 0 Å². The second kappa shape index (κ2) is 44.5. The second-order valence-corrected chi connectivity index (χ2v) is 34.4. The first-order valence-electron chi connectivity index (χ1n) is 44.7. The van der Waals surface area contributed by atoms with E-state index in [4.69, 9.17) is 28.6 Å². The molecule has 21 nitrogen and oxygen atoms in total. The zero-order valence-corrected chi connectivity index (χ0v) is 71.6. The maximum Gasteiger partial charge on any atom is 0.339 e. The van der Waals surface area contributed by atoms with Gasteiger partial charge in [0.15, 0.2) is 23.3 Å². The van der Waals surface area contributed by atoms with Gasteiger partial charge in [-0.2, -0.15) is 19.9 Å². The molecule has 0 spiro atoms. The van der Waals surface area contributed by atoms with Crippen molar-refractivity contribution in [2.75, 3.05) is 33.6 Å². The Balaban J connectivity index is 0.000000129. The molecule has 21 heteroatoms. The maximum atomic E-state index is 11.6. The Bertz CT molecular complexity index is 4740. The third kappa shape index (κ3) is 26.5. The Morgan fingerprint density at radius 2 is 0.782 bits per heavy atom. The number of rotatable bonds is 26. The summed E-state index contributed by atoms with van der Waals surface area (Å²) < 4.78 is 26.3. The van der Waals surface area contributed by atoms with Gasteiger partial charge in [-0.05, 0) is 223 Å². The van der Waals surface area contributed by atoms with Crippen LogP contribution in [-0.4, -0.2) is 75.2 Å². The molecule has 0 unspecified atom stereocenters. The van der Waals surface area contributed by atoms with E-state index in [1.54, 1.807) is 19.2 Å². The molecule has 6 saturated carbocycles. The molecule has 17 rings (SSSR count). The zero-order chi connectivity index (χ0) is 82.5. The summed E-state index contributed by atoms with van der Waals surface area (Å²) >= 11 is 0. The van der Waals surface area contributed by atoms with Crippen LogP contribution in [0.15, 0.2) is 158 Å². The molecule has 119 heavy (non-hydrogen) atoms. The molecule has 0 amide bonds. The van der Waals surface area contributed by atoms with Crippen LogP contribution in [0.1, 0.15) is 267 Å². The lowest BCUT2D eigenvalue weighted by Gasteiger charge is -2.23. The second-order valence-electron chi connectivity index (χ2n) is 34.4. The Morgan fingerprint density at radius 1 is 0.429 bits per heavy atom. The molecule has 11 aromatic rings. The van der Waals surface area contributed by atoms with E-state index in [1.165, 1.54) is 230 Å². The Labute approximate surface area is 704 Å². The Kier molecular flexibility index (Phi) is 32.2. The number of pyridine rings is 2. The van der Waals surface area contributed by atoms with Crippen molar-refractivity contribution in [3.63, 3.8) is 0 Å². The van der Waals surface area contributed by atoms with Crippen molar-refractivity contribution < 1.29 is 27.6 Å². The minimum absolute atomic E-state index is 0.356. The number of anilines is 5. The molecule has 0 radical (unpaired) electrons. The Hall–Kier alpha value is -10.6. The lowest BCUT2D eigenvalue weighted by Crippen LogP contribution is -2.16. The number of aromatic nitrogens is 10. The van der Waals surface area contributed by atoms with Crippen LogP contribution in [0.3, 0.4) is 0 Å². The quantitative estimate of drug-likeness (QED) is 0.0315. The number of benzene rings is 5. The summed E-state index contributed by atoms with van der Waals surface area (Å²) in [6.07, 6.45) is 47.3. The number of nitrogens with one attached hydrogen (secondary N) is 4. The summed E-state index contributed by atoms with van der Waals surface area (Å²) in [5.74, 6) is 8.66. The topological polar surface area (TPSA) is 282 Å². The van der Waals surface area contributed by atoms with Crippen LogP contribution >= 0.6 is 0 Å². The van der Waals surface area contributed by atoms with Crippen molar-refractivity contribution in [1.82, 2.24) is 50.5 Å². The van der Waals surface area contributed by atoms with Crippen LogP contribution in [0.5, 0.6) is 0 Å². The first kappa shape index (κ1) is 86.3. The van der Waals surface area contributed by atoms with Gasteiger partial charge in [-0.15, -0.1) is 0 Å². The molecule has 6 aliphatic carbocycles. The van der Waals surface area contributed by atoms with Gasteiger partial charge >= 0.3 is 5.97 Å². The number of ether oxygens (including phenoxy) is 1. The summed E-state index contributed by atoms with van der Waals surface area (Å²) in [5.41, 5.74) is 24.8. The van der Waals surface area contributed by atoms with Gasteiger partial charge in [0.05, 0.1) is 23.6 Å². The molecule has 0 atom stereocenters. The SMILES string of the molecule is CCOC(=O)c1cnc(CC2CCCCC2)c(N)c1.Cc1noc(-c2ccc(CC3CCCC3)c(NC(C)C)c2)n1.Cc1noc(-c2ccc(CC3CCCC3)c(NC3CCCC3)c2)n1.Cc1noc(-c2ccc(CC3CCCCC3)c(NCc3ccccc3)c2)n1.Cc1noc(-c2ccc(CC3CCCCC3)c(NCc3ccncc3)c2)n1. The first-order chi connectivity index (χ1) is 58.1. The highest BCUT2D eigenvalue weighted by Gasteiger charge is 2.26. The van der Waals surface area contributed by atoms with Crippen LogP contribution in [0.4, 0.5) is 28.4 Å². The number of hydrogen-bond donors (Lipinski definition) is 5. The minimum Gasteiger partial charge on any atom is -0.462 e. The first-order valence-corrected chi connectivity index (χ1v) is 44.7. The molecular formula is C98H127N15O6. The van der Waals surface area contributed by atoms with Crippen LogP contribution in [0.25, 0.3) is 45.8 Å². The van der Waals surface area contributed by atoms with Gasteiger partial charge in [0.25, 0.3) is 23.6 Å². The van der Waals surface area contributed by atoms with E-state index in [1.807, 2.05) is 52.2 Å². The molecule has 0 aliphatic heterocycles. The number of nitrogens with two attached hydrogens (primary N) is 1. The summed E-state index contributed by atoms with van der Waals surface area (Å²) in [4.78, 5) is 37.5. The van der Waals surface area contributed by atoms with E-state index in [0.29, 0.717) is 82.7 Å². The number of carbonyl (C=O) groups is 1. The summed E-state index contributed by atoms with van der Waals surface area (Å²) in [6.45, 7) is 15.5. The summed E-state index contributed by atoms with van der Waals surface area (Å²) in [7, 11) is 0. The average molecular weight is 1610 g/mol. The van der Waals surface area contributed by atoms with Crippen molar-refractivity contribution in [3.8, 4) is 45.8 Å². The average Bonchev–Trinajstić information content (AvgIpc) is 1.75. The number of nitrogens with zero attached hydrogens (tertiary/aromatic N) is 10. The van der Waals surface area contributed by atoms with Gasteiger partial charge in [0.1, 0.15) is 0 Å². The fourth-order valence-electron chi connectivity index (χ4n) is 18.0. The minimum atomic E-state index is -0.356. The van der Waals surface area contributed by atoms with Crippen LogP contribution in [0, 0.1) is 57.3 Å². The van der Waals surface area contributed by atoms with Gasteiger partial charge < -0.3 is 49.8 Å². The molecule has 6 aromatic heterocycles. The molecule has 6 heterocycles. The molecule has 0 saturated heterocycles. The molecule has 0 bridgehead atoms. The fourth-order valence-corrected chi connectivity index (χ4v) is 18.0. The number of aryl methyl sites for hydroxylation is 4. The van der Waals surface area contributed by atoms with Crippen molar-refractivity contribution in [2.24, 2.45) is 29.6 Å². The molecule has 630 valence electrons. The van der Waals surface area contributed by atoms with Crippen molar-refractivity contribution in [2.45, 2.75) is 279 Å². The highest BCUT2D eigenvalue weighted by atomic mass is 16.5. The van der Waals surface area contributed by atoms with Crippen LogP contribution < -0.4 is 27.0 Å².